The Morgan fingerprint density at radius 2 is 1.80 bits per heavy atom. The number of nitrogens with one attached hydrogen (secondary N) is 2. The van der Waals surface area contributed by atoms with E-state index in [0.717, 1.165) is 0 Å². The second-order valence-corrected chi connectivity index (χ2v) is 5.21. The zero-order chi connectivity index (χ0) is 18.4. The van der Waals surface area contributed by atoms with E-state index >= 15 is 0 Å². The summed E-state index contributed by atoms with van der Waals surface area (Å²) in [5.74, 6) is -0.878. The number of nitro benzene ring substituents is 1. The predicted molar refractivity (Wildman–Crippen MR) is 94.8 cm³/mol. The maximum absolute atomic E-state index is 12.5. The van der Waals surface area contributed by atoms with Gasteiger partial charge in [0.15, 0.2) is 0 Å². The molecular formula is C18H17N3O4. The van der Waals surface area contributed by atoms with Crippen LogP contribution in [0.3, 0.4) is 0 Å². The fraction of sp³-hybridized carbons (Fsp3) is 0.111. The highest BCUT2D eigenvalue weighted by Gasteiger charge is 2.19. The maximum atomic E-state index is 12.5. The highest BCUT2D eigenvalue weighted by molar-refractivity contribution is 6.09. The van der Waals surface area contributed by atoms with Crippen molar-refractivity contribution in [1.29, 1.82) is 0 Å². The number of para-hydroxylation sites is 1. The average molecular weight is 339 g/mol. The minimum atomic E-state index is -0.539. The van der Waals surface area contributed by atoms with Crippen molar-refractivity contribution < 1.29 is 14.5 Å². The standard InChI is InChI=1S/C18H17N3O4/c1-3-11-19-17(22)14-7-4-5-9-15(14)20-18(23)13-8-6-10-16(12(13)2)21(24)25/h3-10H,1,11H2,2H3,(H,19,22)(H,20,23). The quantitative estimate of drug-likeness (QED) is 0.480. The number of carbonyl (C=O) groups excluding carboxylic acids is 2. The molecule has 0 bridgehead atoms. The average Bonchev–Trinajstić information content (AvgIpc) is 2.60. The first-order valence-corrected chi connectivity index (χ1v) is 7.49. The summed E-state index contributed by atoms with van der Waals surface area (Å²) >= 11 is 0. The van der Waals surface area contributed by atoms with E-state index in [2.05, 4.69) is 17.2 Å². The zero-order valence-electron chi connectivity index (χ0n) is 13.6. The second-order valence-electron chi connectivity index (χ2n) is 5.21. The molecule has 2 N–H and O–H groups in total. The smallest absolute Gasteiger partial charge is 0.273 e. The van der Waals surface area contributed by atoms with E-state index in [1.807, 2.05) is 0 Å². The zero-order valence-corrected chi connectivity index (χ0v) is 13.6. The summed E-state index contributed by atoms with van der Waals surface area (Å²) in [6.07, 6.45) is 1.55. The molecule has 0 aromatic heterocycles. The Morgan fingerprint density at radius 1 is 1.12 bits per heavy atom. The number of rotatable bonds is 6. The van der Waals surface area contributed by atoms with E-state index in [0.29, 0.717) is 17.8 Å². The molecule has 2 aromatic rings. The van der Waals surface area contributed by atoms with Crippen LogP contribution in [-0.2, 0) is 0 Å². The fourth-order valence-electron chi connectivity index (χ4n) is 2.31. The first kappa shape index (κ1) is 17.9. The van der Waals surface area contributed by atoms with Crippen molar-refractivity contribution in [2.75, 3.05) is 11.9 Å². The van der Waals surface area contributed by atoms with Gasteiger partial charge in [-0.2, -0.15) is 0 Å². The van der Waals surface area contributed by atoms with Crippen molar-refractivity contribution in [3.63, 3.8) is 0 Å². The van der Waals surface area contributed by atoms with Crippen LogP contribution in [0.2, 0.25) is 0 Å². The minimum Gasteiger partial charge on any atom is -0.349 e. The molecule has 2 amide bonds. The number of amides is 2. The van der Waals surface area contributed by atoms with E-state index in [9.17, 15) is 19.7 Å². The van der Waals surface area contributed by atoms with E-state index in [-0.39, 0.29) is 22.7 Å². The van der Waals surface area contributed by atoms with E-state index < -0.39 is 10.8 Å². The lowest BCUT2D eigenvalue weighted by Gasteiger charge is -2.12. The van der Waals surface area contributed by atoms with Crippen molar-refractivity contribution >= 4 is 23.2 Å². The molecular weight excluding hydrogens is 322 g/mol. The number of hydrogen-bond donors (Lipinski definition) is 2. The SMILES string of the molecule is C=CCNC(=O)c1ccccc1NC(=O)c1cccc([N+](=O)[O-])c1C. The molecule has 0 unspecified atom stereocenters. The third-order valence-electron chi connectivity index (χ3n) is 3.57. The molecule has 25 heavy (non-hydrogen) atoms. The summed E-state index contributed by atoms with van der Waals surface area (Å²) in [4.78, 5) is 35.1. The normalized spacial score (nSPS) is 9.96. The van der Waals surface area contributed by atoms with Gasteiger partial charge in [-0.15, -0.1) is 6.58 Å². The largest absolute Gasteiger partial charge is 0.349 e. The molecule has 2 rings (SSSR count). The Labute approximate surface area is 144 Å². The monoisotopic (exact) mass is 339 g/mol. The fourth-order valence-corrected chi connectivity index (χ4v) is 2.31. The number of carbonyl (C=O) groups is 2. The Morgan fingerprint density at radius 3 is 2.48 bits per heavy atom. The van der Waals surface area contributed by atoms with Gasteiger partial charge in [0.2, 0.25) is 0 Å². The second kappa shape index (κ2) is 7.87. The van der Waals surface area contributed by atoms with Crippen molar-refractivity contribution in [3.8, 4) is 0 Å². The van der Waals surface area contributed by atoms with Gasteiger partial charge in [-0.25, -0.2) is 0 Å². The summed E-state index contributed by atoms with van der Waals surface area (Å²) in [6, 6.07) is 10.8. The van der Waals surface area contributed by atoms with E-state index in [1.165, 1.54) is 25.1 Å². The highest BCUT2D eigenvalue weighted by atomic mass is 16.6. The molecule has 0 aliphatic heterocycles. The van der Waals surface area contributed by atoms with Crippen LogP contribution in [0.15, 0.2) is 55.1 Å². The van der Waals surface area contributed by atoms with E-state index in [4.69, 9.17) is 0 Å². The van der Waals surface area contributed by atoms with Crippen LogP contribution in [0, 0.1) is 17.0 Å². The maximum Gasteiger partial charge on any atom is 0.273 e. The number of hydrogen-bond acceptors (Lipinski definition) is 4. The number of nitrogens with zero attached hydrogens (tertiary/aromatic N) is 1. The first-order valence-electron chi connectivity index (χ1n) is 7.49. The molecule has 0 heterocycles. The van der Waals surface area contributed by atoms with Crippen LogP contribution in [0.1, 0.15) is 26.3 Å². The molecule has 7 heteroatoms. The van der Waals surface area contributed by atoms with Gasteiger partial charge in [-0.3, -0.25) is 19.7 Å². The van der Waals surface area contributed by atoms with Gasteiger partial charge in [0, 0.05) is 23.7 Å². The number of benzene rings is 2. The summed E-state index contributed by atoms with van der Waals surface area (Å²) in [5.41, 5.74) is 0.916. The van der Waals surface area contributed by atoms with Gasteiger partial charge in [-0.1, -0.05) is 24.3 Å². The third-order valence-corrected chi connectivity index (χ3v) is 3.57. The van der Waals surface area contributed by atoms with Crippen molar-refractivity contribution in [2.24, 2.45) is 0 Å². The van der Waals surface area contributed by atoms with Gasteiger partial charge in [0.1, 0.15) is 0 Å². The summed E-state index contributed by atoms with van der Waals surface area (Å²) in [5, 5.41) is 16.3. The Balaban J connectivity index is 2.30. The van der Waals surface area contributed by atoms with Crippen LogP contribution in [0.4, 0.5) is 11.4 Å². The van der Waals surface area contributed by atoms with E-state index in [1.54, 1.807) is 30.3 Å². The van der Waals surface area contributed by atoms with Crippen molar-refractivity contribution in [2.45, 2.75) is 6.92 Å². The lowest BCUT2D eigenvalue weighted by molar-refractivity contribution is -0.385. The Bertz CT molecular complexity index is 846. The molecule has 2 aromatic carbocycles. The molecule has 7 nitrogen and oxygen atoms in total. The van der Waals surface area contributed by atoms with Gasteiger partial charge in [0.25, 0.3) is 17.5 Å². The van der Waals surface area contributed by atoms with Crippen LogP contribution < -0.4 is 10.6 Å². The Kier molecular flexibility index (Phi) is 5.62. The number of anilines is 1. The molecule has 0 atom stereocenters. The molecule has 0 aliphatic rings. The lowest BCUT2D eigenvalue weighted by Crippen LogP contribution is -2.25. The molecule has 0 spiro atoms. The van der Waals surface area contributed by atoms with Crippen LogP contribution in [0.5, 0.6) is 0 Å². The Hall–Kier alpha value is -3.48. The third kappa shape index (κ3) is 4.08. The highest BCUT2D eigenvalue weighted by Crippen LogP contribution is 2.23. The number of nitro groups is 1. The summed E-state index contributed by atoms with van der Waals surface area (Å²) in [6.45, 7) is 5.34. The minimum absolute atomic E-state index is 0.135. The van der Waals surface area contributed by atoms with Crippen LogP contribution >= 0.6 is 0 Å². The molecule has 0 saturated carbocycles. The van der Waals surface area contributed by atoms with Crippen molar-refractivity contribution in [3.05, 3.63) is 81.9 Å². The van der Waals surface area contributed by atoms with Crippen molar-refractivity contribution in [1.82, 2.24) is 5.32 Å². The molecule has 0 radical (unpaired) electrons. The topological polar surface area (TPSA) is 101 Å². The summed E-state index contributed by atoms with van der Waals surface area (Å²) in [7, 11) is 0. The summed E-state index contributed by atoms with van der Waals surface area (Å²) < 4.78 is 0. The lowest BCUT2D eigenvalue weighted by atomic mass is 10.1. The molecule has 128 valence electrons. The van der Waals surface area contributed by atoms with Crippen LogP contribution in [-0.4, -0.2) is 23.3 Å². The predicted octanol–water partition coefficient (Wildman–Crippen LogP) is 3.07. The molecule has 0 aliphatic carbocycles. The van der Waals surface area contributed by atoms with Gasteiger partial charge in [0.05, 0.1) is 16.2 Å². The van der Waals surface area contributed by atoms with Gasteiger partial charge in [-0.05, 0) is 25.1 Å². The molecule has 0 saturated heterocycles. The molecule has 0 fully saturated rings. The van der Waals surface area contributed by atoms with Gasteiger partial charge < -0.3 is 10.6 Å². The van der Waals surface area contributed by atoms with Crippen LogP contribution in [0.25, 0.3) is 0 Å². The van der Waals surface area contributed by atoms with Gasteiger partial charge >= 0.3 is 0 Å². The first-order chi connectivity index (χ1) is 12.0.